The number of nitrogens with one attached hydrogen (secondary N) is 1. The second-order valence-electron chi connectivity index (χ2n) is 4.96. The van der Waals surface area contributed by atoms with E-state index in [1.165, 1.54) is 17.7 Å². The molecule has 3 rings (SSSR count). The minimum atomic E-state index is -0.209. The van der Waals surface area contributed by atoms with E-state index in [9.17, 15) is 4.39 Å². The molecule has 0 saturated heterocycles. The molecule has 104 valence electrons. The van der Waals surface area contributed by atoms with Crippen LogP contribution >= 0.6 is 15.9 Å². The molecule has 0 fully saturated rings. The summed E-state index contributed by atoms with van der Waals surface area (Å²) in [5.74, 6) is 0.778. The monoisotopic (exact) mass is 335 g/mol. The Balaban J connectivity index is 1.82. The number of ether oxygens (including phenoxy) is 1. The van der Waals surface area contributed by atoms with Crippen LogP contribution in [0.15, 0.2) is 34.8 Å². The number of halogens is 2. The van der Waals surface area contributed by atoms with E-state index >= 15 is 0 Å². The highest BCUT2D eigenvalue weighted by molar-refractivity contribution is 9.10. The van der Waals surface area contributed by atoms with Crippen molar-refractivity contribution in [1.29, 1.82) is 0 Å². The predicted octanol–water partition coefficient (Wildman–Crippen LogP) is 4.44. The first kappa shape index (κ1) is 13.4. The Bertz CT molecular complexity index is 657. The molecule has 0 unspecified atom stereocenters. The van der Waals surface area contributed by atoms with Crippen molar-refractivity contribution in [3.8, 4) is 5.75 Å². The third-order valence-corrected chi connectivity index (χ3v) is 3.94. The van der Waals surface area contributed by atoms with Crippen LogP contribution in [0.25, 0.3) is 0 Å². The summed E-state index contributed by atoms with van der Waals surface area (Å²) in [6, 6.07) is 8.94. The van der Waals surface area contributed by atoms with E-state index in [-0.39, 0.29) is 5.82 Å². The summed E-state index contributed by atoms with van der Waals surface area (Å²) in [4.78, 5) is 0. The average Bonchev–Trinajstić information content (AvgIpc) is 2.85. The van der Waals surface area contributed by atoms with Crippen LogP contribution in [0, 0.1) is 12.7 Å². The number of fused-ring (bicyclic) bond motifs is 1. The van der Waals surface area contributed by atoms with Crippen molar-refractivity contribution >= 4 is 21.6 Å². The number of hydrogen-bond acceptors (Lipinski definition) is 2. The van der Waals surface area contributed by atoms with Gasteiger partial charge in [-0.15, -0.1) is 0 Å². The first-order valence-corrected chi connectivity index (χ1v) is 7.37. The van der Waals surface area contributed by atoms with Crippen LogP contribution < -0.4 is 10.1 Å². The fourth-order valence-electron chi connectivity index (χ4n) is 2.49. The zero-order chi connectivity index (χ0) is 14.1. The second-order valence-corrected chi connectivity index (χ2v) is 5.88. The molecule has 0 radical (unpaired) electrons. The van der Waals surface area contributed by atoms with Gasteiger partial charge >= 0.3 is 0 Å². The molecular formula is C16H15BrFNO. The van der Waals surface area contributed by atoms with Gasteiger partial charge in [0.1, 0.15) is 11.6 Å². The summed E-state index contributed by atoms with van der Waals surface area (Å²) in [6.07, 6.45) is 0.956. The summed E-state index contributed by atoms with van der Waals surface area (Å²) in [5.41, 5.74) is 4.21. The molecule has 1 aliphatic heterocycles. The molecule has 0 spiro atoms. The summed E-state index contributed by atoms with van der Waals surface area (Å²) < 4.78 is 19.9. The summed E-state index contributed by atoms with van der Waals surface area (Å²) in [6.45, 7) is 3.30. The third-order valence-electron chi connectivity index (χ3n) is 3.48. The Morgan fingerprint density at radius 2 is 2.15 bits per heavy atom. The van der Waals surface area contributed by atoms with Crippen LogP contribution in [-0.4, -0.2) is 6.61 Å². The third kappa shape index (κ3) is 2.66. The van der Waals surface area contributed by atoms with Crippen LogP contribution in [0.4, 0.5) is 10.1 Å². The molecule has 0 aliphatic carbocycles. The maximum absolute atomic E-state index is 13.1. The zero-order valence-electron chi connectivity index (χ0n) is 11.2. The zero-order valence-corrected chi connectivity index (χ0v) is 12.8. The minimum Gasteiger partial charge on any atom is -0.493 e. The number of benzene rings is 2. The number of hydrogen-bond donors (Lipinski definition) is 1. The van der Waals surface area contributed by atoms with Gasteiger partial charge in [-0.05, 0) is 48.4 Å². The standard InChI is InChI=1S/C16H15BrFNO/c1-10-6-14(18)2-3-15(10)19-9-12-8-13(17)7-11-4-5-20-16(11)12/h2-3,6-8,19H,4-5,9H2,1H3. The quantitative estimate of drug-likeness (QED) is 0.895. The van der Waals surface area contributed by atoms with E-state index in [0.29, 0.717) is 6.54 Å². The van der Waals surface area contributed by atoms with Gasteiger partial charge in [0.15, 0.2) is 0 Å². The normalized spacial score (nSPS) is 12.9. The van der Waals surface area contributed by atoms with Gasteiger partial charge in [-0.25, -0.2) is 4.39 Å². The van der Waals surface area contributed by atoms with E-state index in [1.807, 2.05) is 6.92 Å². The van der Waals surface area contributed by atoms with Crippen molar-refractivity contribution in [3.63, 3.8) is 0 Å². The molecule has 0 aromatic heterocycles. The molecule has 2 aromatic carbocycles. The van der Waals surface area contributed by atoms with E-state index in [2.05, 4.69) is 33.4 Å². The number of aryl methyl sites for hydroxylation is 1. The molecule has 4 heteroatoms. The van der Waals surface area contributed by atoms with Crippen LogP contribution in [0.3, 0.4) is 0 Å². The van der Waals surface area contributed by atoms with Crippen LogP contribution in [0.1, 0.15) is 16.7 Å². The molecule has 1 N–H and O–H groups in total. The lowest BCUT2D eigenvalue weighted by atomic mass is 10.1. The molecule has 2 aromatic rings. The van der Waals surface area contributed by atoms with Gasteiger partial charge in [0.25, 0.3) is 0 Å². The fraction of sp³-hybridized carbons (Fsp3) is 0.250. The maximum atomic E-state index is 13.1. The second kappa shape index (κ2) is 5.44. The van der Waals surface area contributed by atoms with Gasteiger partial charge in [-0.1, -0.05) is 15.9 Å². The number of anilines is 1. The Hall–Kier alpha value is -1.55. The average molecular weight is 336 g/mol. The van der Waals surface area contributed by atoms with Crippen molar-refractivity contribution in [1.82, 2.24) is 0 Å². The van der Waals surface area contributed by atoms with Gasteiger partial charge in [0.05, 0.1) is 6.61 Å². The SMILES string of the molecule is Cc1cc(F)ccc1NCc1cc(Br)cc2c1OCC2. The summed E-state index contributed by atoms with van der Waals surface area (Å²) in [7, 11) is 0. The molecule has 0 bridgehead atoms. The van der Waals surface area contributed by atoms with Crippen molar-refractivity contribution in [2.75, 3.05) is 11.9 Å². The smallest absolute Gasteiger partial charge is 0.127 e. The molecule has 1 heterocycles. The van der Waals surface area contributed by atoms with Gasteiger partial charge < -0.3 is 10.1 Å². The lowest BCUT2D eigenvalue weighted by molar-refractivity contribution is 0.354. The lowest BCUT2D eigenvalue weighted by Gasteiger charge is -2.13. The van der Waals surface area contributed by atoms with E-state index in [0.717, 1.165) is 40.1 Å². The molecule has 1 aliphatic rings. The van der Waals surface area contributed by atoms with Crippen LogP contribution in [-0.2, 0) is 13.0 Å². The van der Waals surface area contributed by atoms with E-state index in [4.69, 9.17) is 4.74 Å². The lowest BCUT2D eigenvalue weighted by Crippen LogP contribution is -2.03. The molecule has 2 nitrogen and oxygen atoms in total. The van der Waals surface area contributed by atoms with Crippen LogP contribution in [0.5, 0.6) is 5.75 Å². The Kier molecular flexibility index (Phi) is 3.66. The highest BCUT2D eigenvalue weighted by atomic mass is 79.9. The molecule has 20 heavy (non-hydrogen) atoms. The first-order chi connectivity index (χ1) is 9.63. The topological polar surface area (TPSA) is 21.3 Å². The highest BCUT2D eigenvalue weighted by Gasteiger charge is 2.17. The Labute approximate surface area is 126 Å². The van der Waals surface area contributed by atoms with Crippen molar-refractivity contribution in [3.05, 3.63) is 57.3 Å². The predicted molar refractivity (Wildman–Crippen MR) is 81.8 cm³/mol. The first-order valence-electron chi connectivity index (χ1n) is 6.57. The number of rotatable bonds is 3. The largest absolute Gasteiger partial charge is 0.493 e. The summed E-state index contributed by atoms with van der Waals surface area (Å²) in [5, 5.41) is 3.35. The molecule has 0 amide bonds. The fourth-order valence-corrected chi connectivity index (χ4v) is 3.05. The van der Waals surface area contributed by atoms with Crippen molar-refractivity contribution in [2.24, 2.45) is 0 Å². The minimum absolute atomic E-state index is 0.209. The van der Waals surface area contributed by atoms with E-state index in [1.54, 1.807) is 6.07 Å². The molecular weight excluding hydrogens is 321 g/mol. The van der Waals surface area contributed by atoms with Gasteiger partial charge in [0.2, 0.25) is 0 Å². The Morgan fingerprint density at radius 1 is 1.30 bits per heavy atom. The van der Waals surface area contributed by atoms with Crippen molar-refractivity contribution < 1.29 is 9.13 Å². The van der Waals surface area contributed by atoms with Crippen LogP contribution in [0.2, 0.25) is 0 Å². The maximum Gasteiger partial charge on any atom is 0.127 e. The Morgan fingerprint density at radius 3 is 2.95 bits per heavy atom. The van der Waals surface area contributed by atoms with Gasteiger partial charge in [-0.3, -0.25) is 0 Å². The highest BCUT2D eigenvalue weighted by Crippen LogP contribution is 2.33. The van der Waals surface area contributed by atoms with Crippen molar-refractivity contribution in [2.45, 2.75) is 19.9 Å². The molecule has 0 atom stereocenters. The molecule has 0 saturated carbocycles. The van der Waals surface area contributed by atoms with E-state index < -0.39 is 0 Å². The van der Waals surface area contributed by atoms with Gasteiger partial charge in [-0.2, -0.15) is 0 Å². The summed E-state index contributed by atoms with van der Waals surface area (Å²) >= 11 is 3.53. The van der Waals surface area contributed by atoms with Gasteiger partial charge in [0, 0.05) is 28.7 Å².